The number of rotatable bonds is 4. The van der Waals surface area contributed by atoms with E-state index in [2.05, 4.69) is 10.1 Å². The van der Waals surface area contributed by atoms with Crippen LogP contribution in [0.15, 0.2) is 17.0 Å². The third-order valence-electron chi connectivity index (χ3n) is 4.31. The molecule has 1 aromatic carbocycles. The van der Waals surface area contributed by atoms with Gasteiger partial charge in [-0.25, -0.2) is 13.1 Å². The van der Waals surface area contributed by atoms with Crippen LogP contribution in [0.5, 0.6) is 0 Å². The maximum absolute atomic E-state index is 12.7. The Hall–Kier alpha value is -1.15. The van der Waals surface area contributed by atoms with Crippen molar-refractivity contribution in [3.05, 3.63) is 23.3 Å². The molecule has 116 valence electrons. The summed E-state index contributed by atoms with van der Waals surface area (Å²) in [7, 11) is -3.55. The van der Waals surface area contributed by atoms with Crippen molar-refractivity contribution >= 4 is 15.7 Å². The van der Waals surface area contributed by atoms with Crippen LogP contribution in [0.4, 0.5) is 5.69 Å². The predicted octanol–water partition coefficient (Wildman–Crippen LogP) is 1.19. The molecule has 4 N–H and O–H groups in total. The van der Waals surface area contributed by atoms with Gasteiger partial charge in [-0.15, -0.1) is 0 Å². The van der Waals surface area contributed by atoms with Crippen LogP contribution in [0.2, 0.25) is 0 Å². The number of hydrazine groups is 1. The lowest BCUT2D eigenvalue weighted by Gasteiger charge is -2.21. The molecule has 3 unspecified atom stereocenters. The molecular weight excluding hydrogens is 290 g/mol. The van der Waals surface area contributed by atoms with Gasteiger partial charge in [0.05, 0.1) is 23.1 Å². The van der Waals surface area contributed by atoms with Gasteiger partial charge in [0.25, 0.3) is 0 Å². The van der Waals surface area contributed by atoms with Gasteiger partial charge in [-0.3, -0.25) is 5.84 Å². The quantitative estimate of drug-likeness (QED) is 0.573. The van der Waals surface area contributed by atoms with E-state index in [0.717, 1.165) is 19.3 Å². The van der Waals surface area contributed by atoms with Crippen molar-refractivity contribution in [3.8, 4) is 0 Å². The molecule has 0 saturated carbocycles. The molecule has 2 bridgehead atoms. The molecule has 2 aliphatic heterocycles. The molecule has 6 nitrogen and oxygen atoms in total. The highest BCUT2D eigenvalue weighted by Crippen LogP contribution is 2.35. The van der Waals surface area contributed by atoms with Crippen LogP contribution in [0.25, 0.3) is 0 Å². The van der Waals surface area contributed by atoms with Crippen molar-refractivity contribution in [2.45, 2.75) is 56.3 Å². The highest BCUT2D eigenvalue weighted by atomic mass is 32.2. The Morgan fingerprint density at radius 3 is 2.38 bits per heavy atom. The zero-order chi connectivity index (χ0) is 15.2. The lowest BCUT2D eigenvalue weighted by atomic mass is 9.96. The number of nitrogens with two attached hydrogens (primary N) is 1. The van der Waals surface area contributed by atoms with Crippen LogP contribution in [-0.4, -0.2) is 26.7 Å². The van der Waals surface area contributed by atoms with E-state index in [1.807, 2.05) is 0 Å². The second-order valence-corrected chi connectivity index (χ2v) is 7.57. The molecule has 3 atom stereocenters. The SMILES string of the molecule is Cc1cc(NN)cc(C)c1S(=O)(=O)NC1CC2CCC1O2. The number of ether oxygens (including phenoxy) is 1. The molecule has 0 aliphatic carbocycles. The maximum atomic E-state index is 12.7. The Balaban J connectivity index is 1.88. The molecule has 0 amide bonds. The standard InChI is InChI=1S/C14H21N3O3S/c1-8-5-10(16-15)6-9(2)14(8)21(18,19)17-12-7-11-3-4-13(12)20-11/h5-6,11-13,16-17H,3-4,7,15H2,1-2H3. The van der Waals surface area contributed by atoms with Gasteiger partial charge in [-0.1, -0.05) is 0 Å². The van der Waals surface area contributed by atoms with Gasteiger partial charge in [-0.05, 0) is 56.4 Å². The van der Waals surface area contributed by atoms with Gasteiger partial charge in [-0.2, -0.15) is 0 Å². The average molecular weight is 311 g/mol. The highest BCUT2D eigenvalue weighted by molar-refractivity contribution is 7.89. The summed E-state index contributed by atoms with van der Waals surface area (Å²) in [5, 5.41) is 0. The Labute approximate surface area is 125 Å². The van der Waals surface area contributed by atoms with E-state index in [0.29, 0.717) is 21.7 Å². The Morgan fingerprint density at radius 2 is 1.90 bits per heavy atom. The fourth-order valence-electron chi connectivity index (χ4n) is 3.48. The predicted molar refractivity (Wildman–Crippen MR) is 80.3 cm³/mol. The number of hydrogen-bond donors (Lipinski definition) is 3. The van der Waals surface area contributed by atoms with Crippen LogP contribution in [0, 0.1) is 13.8 Å². The summed E-state index contributed by atoms with van der Waals surface area (Å²) in [6.07, 6.45) is 2.98. The van der Waals surface area contributed by atoms with E-state index in [4.69, 9.17) is 10.6 Å². The molecule has 2 saturated heterocycles. The smallest absolute Gasteiger partial charge is 0.241 e. The lowest BCUT2D eigenvalue weighted by molar-refractivity contribution is 0.0996. The molecule has 0 radical (unpaired) electrons. The molecule has 21 heavy (non-hydrogen) atoms. The van der Waals surface area contributed by atoms with Crippen LogP contribution < -0.4 is 16.0 Å². The summed E-state index contributed by atoms with van der Waals surface area (Å²) in [5.74, 6) is 5.39. The number of nitrogen functional groups attached to an aromatic ring is 1. The van der Waals surface area contributed by atoms with Crippen molar-refractivity contribution in [1.82, 2.24) is 4.72 Å². The monoisotopic (exact) mass is 311 g/mol. The number of anilines is 1. The zero-order valence-corrected chi connectivity index (χ0v) is 13.0. The van der Waals surface area contributed by atoms with Crippen LogP contribution >= 0.6 is 0 Å². The van der Waals surface area contributed by atoms with E-state index in [-0.39, 0.29) is 18.2 Å². The zero-order valence-electron chi connectivity index (χ0n) is 12.2. The minimum Gasteiger partial charge on any atom is -0.373 e. The van der Waals surface area contributed by atoms with Gasteiger partial charge >= 0.3 is 0 Å². The Morgan fingerprint density at radius 1 is 1.24 bits per heavy atom. The molecule has 0 aromatic heterocycles. The molecule has 2 aliphatic rings. The molecule has 0 spiro atoms. The van der Waals surface area contributed by atoms with E-state index in [1.54, 1.807) is 26.0 Å². The molecule has 7 heteroatoms. The van der Waals surface area contributed by atoms with E-state index in [9.17, 15) is 8.42 Å². The minimum absolute atomic E-state index is 0.0235. The van der Waals surface area contributed by atoms with E-state index >= 15 is 0 Å². The fourth-order valence-corrected chi connectivity index (χ4v) is 5.21. The first-order valence-corrected chi connectivity index (χ1v) is 8.64. The number of hydrogen-bond acceptors (Lipinski definition) is 5. The van der Waals surface area contributed by atoms with Crippen molar-refractivity contribution < 1.29 is 13.2 Å². The third kappa shape index (κ3) is 2.66. The summed E-state index contributed by atoms with van der Waals surface area (Å²) in [6, 6.07) is 3.36. The molecule has 2 heterocycles. The van der Waals surface area contributed by atoms with Gasteiger partial charge in [0.2, 0.25) is 10.0 Å². The lowest BCUT2D eigenvalue weighted by Crippen LogP contribution is -2.41. The summed E-state index contributed by atoms with van der Waals surface area (Å²) in [4.78, 5) is 0.337. The Bertz CT molecular complexity index is 636. The molecule has 3 rings (SSSR count). The largest absolute Gasteiger partial charge is 0.373 e. The molecule has 1 aromatic rings. The molecule has 2 fully saturated rings. The second kappa shape index (κ2) is 5.24. The third-order valence-corrected chi connectivity index (χ3v) is 6.10. The van der Waals surface area contributed by atoms with Crippen molar-refractivity contribution in [1.29, 1.82) is 0 Å². The number of fused-ring (bicyclic) bond motifs is 2. The van der Waals surface area contributed by atoms with Crippen molar-refractivity contribution in [2.24, 2.45) is 5.84 Å². The van der Waals surface area contributed by atoms with Gasteiger partial charge in [0, 0.05) is 5.69 Å². The average Bonchev–Trinajstić information content (AvgIpc) is 2.98. The van der Waals surface area contributed by atoms with Crippen LogP contribution in [0.1, 0.15) is 30.4 Å². The second-order valence-electron chi connectivity index (χ2n) is 5.92. The van der Waals surface area contributed by atoms with Gasteiger partial charge in [0.15, 0.2) is 0 Å². The maximum Gasteiger partial charge on any atom is 0.241 e. The summed E-state index contributed by atoms with van der Waals surface area (Å²) < 4.78 is 33.9. The first-order chi connectivity index (χ1) is 9.90. The van der Waals surface area contributed by atoms with Crippen molar-refractivity contribution in [3.63, 3.8) is 0 Å². The summed E-state index contributed by atoms with van der Waals surface area (Å²) in [6.45, 7) is 3.55. The first-order valence-electron chi connectivity index (χ1n) is 7.16. The van der Waals surface area contributed by atoms with Crippen LogP contribution in [0.3, 0.4) is 0 Å². The van der Waals surface area contributed by atoms with Gasteiger partial charge in [0.1, 0.15) is 0 Å². The topological polar surface area (TPSA) is 93.5 Å². The normalized spacial score (nSPS) is 28.0. The first kappa shape index (κ1) is 14.8. The number of sulfonamides is 1. The van der Waals surface area contributed by atoms with Gasteiger partial charge < -0.3 is 10.2 Å². The fraction of sp³-hybridized carbons (Fsp3) is 0.571. The minimum atomic E-state index is -3.55. The van der Waals surface area contributed by atoms with Crippen LogP contribution in [-0.2, 0) is 14.8 Å². The Kier molecular flexibility index (Phi) is 3.69. The molecular formula is C14H21N3O3S. The van der Waals surface area contributed by atoms with E-state index in [1.165, 1.54) is 0 Å². The number of nitrogens with one attached hydrogen (secondary N) is 2. The highest BCUT2D eigenvalue weighted by Gasteiger charge is 2.42. The van der Waals surface area contributed by atoms with Crippen molar-refractivity contribution in [2.75, 3.05) is 5.43 Å². The number of aryl methyl sites for hydroxylation is 2. The number of benzene rings is 1. The summed E-state index contributed by atoms with van der Waals surface area (Å²) in [5.41, 5.74) is 4.61. The summed E-state index contributed by atoms with van der Waals surface area (Å²) >= 11 is 0. The van der Waals surface area contributed by atoms with E-state index < -0.39 is 10.0 Å².